The van der Waals surface area contributed by atoms with Crippen LogP contribution >= 0.6 is 0 Å². The van der Waals surface area contributed by atoms with Crippen LogP contribution in [0.2, 0.25) is 0 Å². The van der Waals surface area contributed by atoms with E-state index in [-0.39, 0.29) is 0 Å². The fourth-order valence-corrected chi connectivity index (χ4v) is 2.86. The Labute approximate surface area is 87.2 Å². The molecule has 1 heterocycles. The summed E-state index contributed by atoms with van der Waals surface area (Å²) in [5.74, 6) is 0.766. The molecule has 2 atom stereocenters. The summed E-state index contributed by atoms with van der Waals surface area (Å²) >= 11 is 0. The van der Waals surface area contributed by atoms with Crippen LogP contribution in [0.5, 0.6) is 0 Å². The molecule has 2 aliphatic rings. The molecule has 1 aliphatic heterocycles. The van der Waals surface area contributed by atoms with Crippen molar-refractivity contribution in [3.8, 4) is 0 Å². The van der Waals surface area contributed by atoms with Gasteiger partial charge >= 0.3 is 0 Å². The lowest BCUT2D eigenvalue weighted by atomic mass is 10.00. The molecule has 0 aromatic rings. The van der Waals surface area contributed by atoms with Crippen LogP contribution in [0.4, 0.5) is 0 Å². The Hall–Kier alpha value is -0.340. The summed E-state index contributed by atoms with van der Waals surface area (Å²) in [5, 5.41) is 0. The molecule has 2 rings (SSSR count). The average Bonchev–Trinajstić information content (AvgIpc) is 2.67. The van der Waals surface area contributed by atoms with Crippen molar-refractivity contribution in [2.45, 2.75) is 38.6 Å². The lowest BCUT2D eigenvalue weighted by Crippen LogP contribution is -2.42. The second-order valence-electron chi connectivity index (χ2n) is 4.79. The lowest BCUT2D eigenvalue weighted by Gasteiger charge is -2.34. The molecular weight excluding hydrogens is 172 g/mol. The van der Waals surface area contributed by atoms with Crippen LogP contribution in [0.25, 0.3) is 0 Å². The summed E-state index contributed by atoms with van der Waals surface area (Å²) in [7, 11) is 0. The molecule has 14 heavy (non-hydrogen) atoms. The molecule has 2 unspecified atom stereocenters. The van der Waals surface area contributed by atoms with Gasteiger partial charge in [-0.15, -0.1) is 0 Å². The van der Waals surface area contributed by atoms with Crippen molar-refractivity contribution in [3.63, 3.8) is 0 Å². The van der Waals surface area contributed by atoms with Gasteiger partial charge in [0.2, 0.25) is 0 Å². The van der Waals surface area contributed by atoms with E-state index in [1.807, 2.05) is 0 Å². The van der Waals surface area contributed by atoms with E-state index >= 15 is 0 Å². The minimum atomic E-state index is 0.766. The van der Waals surface area contributed by atoms with Crippen molar-refractivity contribution in [2.24, 2.45) is 11.7 Å². The van der Waals surface area contributed by atoms with Crippen LogP contribution in [-0.4, -0.2) is 30.6 Å². The van der Waals surface area contributed by atoms with Crippen molar-refractivity contribution in [1.29, 1.82) is 0 Å². The van der Waals surface area contributed by atoms with Gasteiger partial charge in [0.25, 0.3) is 0 Å². The van der Waals surface area contributed by atoms with Crippen LogP contribution < -0.4 is 5.73 Å². The van der Waals surface area contributed by atoms with Gasteiger partial charge < -0.3 is 5.73 Å². The van der Waals surface area contributed by atoms with Crippen LogP contribution in [-0.2, 0) is 0 Å². The zero-order chi connectivity index (χ0) is 9.97. The second kappa shape index (κ2) is 4.45. The highest BCUT2D eigenvalue weighted by molar-refractivity contribution is 5.05. The molecule has 80 valence electrons. The monoisotopic (exact) mass is 194 g/mol. The maximum Gasteiger partial charge on any atom is 0.0168 e. The summed E-state index contributed by atoms with van der Waals surface area (Å²) in [5.41, 5.74) is 7.37. The summed E-state index contributed by atoms with van der Waals surface area (Å²) in [4.78, 5) is 2.64. The summed E-state index contributed by atoms with van der Waals surface area (Å²) < 4.78 is 0. The minimum Gasteiger partial charge on any atom is -0.330 e. The Bertz CT molecular complexity index is 222. The first-order chi connectivity index (χ1) is 6.81. The third kappa shape index (κ3) is 2.01. The lowest BCUT2D eigenvalue weighted by molar-refractivity contribution is 0.174. The van der Waals surface area contributed by atoms with Gasteiger partial charge in [-0.3, -0.25) is 4.90 Å². The van der Waals surface area contributed by atoms with Gasteiger partial charge in [0.1, 0.15) is 0 Å². The van der Waals surface area contributed by atoms with E-state index < -0.39 is 0 Å². The van der Waals surface area contributed by atoms with Crippen molar-refractivity contribution in [1.82, 2.24) is 4.90 Å². The zero-order valence-corrected chi connectivity index (χ0v) is 9.21. The average molecular weight is 194 g/mol. The SMILES string of the molecule is CC1=CCN(C2CCCC2CN)CC1. The largest absolute Gasteiger partial charge is 0.330 e. The number of hydrogen-bond acceptors (Lipinski definition) is 2. The van der Waals surface area contributed by atoms with Crippen molar-refractivity contribution in [2.75, 3.05) is 19.6 Å². The van der Waals surface area contributed by atoms with Gasteiger partial charge in [0, 0.05) is 19.1 Å². The third-order valence-corrected chi connectivity index (χ3v) is 3.86. The number of nitrogens with zero attached hydrogens (tertiary/aromatic N) is 1. The highest BCUT2D eigenvalue weighted by Gasteiger charge is 2.31. The van der Waals surface area contributed by atoms with Gasteiger partial charge in [-0.25, -0.2) is 0 Å². The first-order valence-corrected chi connectivity index (χ1v) is 5.91. The maximum atomic E-state index is 5.82. The summed E-state index contributed by atoms with van der Waals surface area (Å²) in [6, 6.07) is 0.782. The van der Waals surface area contributed by atoms with Crippen LogP contribution in [0.3, 0.4) is 0 Å². The molecule has 0 bridgehead atoms. The third-order valence-electron chi connectivity index (χ3n) is 3.86. The van der Waals surface area contributed by atoms with Gasteiger partial charge in [0.15, 0.2) is 0 Å². The topological polar surface area (TPSA) is 29.3 Å². The molecule has 0 aromatic heterocycles. The van der Waals surface area contributed by atoms with E-state index in [4.69, 9.17) is 5.73 Å². The molecule has 2 nitrogen and oxygen atoms in total. The van der Waals surface area contributed by atoms with E-state index in [0.29, 0.717) is 0 Å². The van der Waals surface area contributed by atoms with Gasteiger partial charge in [-0.05, 0) is 38.6 Å². The van der Waals surface area contributed by atoms with E-state index in [0.717, 1.165) is 25.0 Å². The van der Waals surface area contributed by atoms with E-state index in [1.54, 1.807) is 5.57 Å². The maximum absolute atomic E-state index is 5.82. The summed E-state index contributed by atoms with van der Waals surface area (Å²) in [6.07, 6.45) is 7.74. The molecule has 1 saturated carbocycles. The van der Waals surface area contributed by atoms with E-state index in [1.165, 1.54) is 32.2 Å². The first kappa shape index (κ1) is 10.2. The Morgan fingerprint density at radius 1 is 1.50 bits per heavy atom. The smallest absolute Gasteiger partial charge is 0.0168 e. The van der Waals surface area contributed by atoms with Crippen molar-refractivity contribution >= 4 is 0 Å². The summed E-state index contributed by atoms with van der Waals surface area (Å²) in [6.45, 7) is 5.53. The molecule has 0 aromatic carbocycles. The molecule has 0 radical (unpaired) electrons. The Morgan fingerprint density at radius 2 is 2.36 bits per heavy atom. The Kier molecular flexibility index (Phi) is 3.24. The fourth-order valence-electron chi connectivity index (χ4n) is 2.86. The molecule has 1 aliphatic carbocycles. The molecule has 0 spiro atoms. The molecule has 1 fully saturated rings. The van der Waals surface area contributed by atoms with Crippen LogP contribution in [0, 0.1) is 5.92 Å². The minimum absolute atomic E-state index is 0.766. The number of hydrogen-bond donors (Lipinski definition) is 1. The molecule has 2 heteroatoms. The molecule has 2 N–H and O–H groups in total. The zero-order valence-electron chi connectivity index (χ0n) is 9.21. The van der Waals surface area contributed by atoms with Crippen LogP contribution in [0.15, 0.2) is 11.6 Å². The number of nitrogens with two attached hydrogens (primary N) is 1. The van der Waals surface area contributed by atoms with Crippen molar-refractivity contribution < 1.29 is 0 Å². The normalized spacial score (nSPS) is 34.6. The van der Waals surface area contributed by atoms with Crippen molar-refractivity contribution in [3.05, 3.63) is 11.6 Å². The molecular formula is C12H22N2. The molecule has 0 saturated heterocycles. The molecule has 0 amide bonds. The highest BCUT2D eigenvalue weighted by Crippen LogP contribution is 2.30. The van der Waals surface area contributed by atoms with Gasteiger partial charge in [-0.2, -0.15) is 0 Å². The fraction of sp³-hybridized carbons (Fsp3) is 0.833. The predicted octanol–water partition coefficient (Wildman–Crippen LogP) is 1.77. The van der Waals surface area contributed by atoms with Gasteiger partial charge in [-0.1, -0.05) is 18.1 Å². The van der Waals surface area contributed by atoms with Gasteiger partial charge in [0.05, 0.1) is 0 Å². The first-order valence-electron chi connectivity index (χ1n) is 5.91. The Morgan fingerprint density at radius 3 is 3.00 bits per heavy atom. The van der Waals surface area contributed by atoms with E-state index in [2.05, 4.69) is 17.9 Å². The standard InChI is InChI=1S/C12H22N2/c1-10-5-7-14(8-6-10)12-4-2-3-11(12)9-13/h5,11-12H,2-4,6-9,13H2,1H3. The van der Waals surface area contributed by atoms with E-state index in [9.17, 15) is 0 Å². The predicted molar refractivity (Wildman–Crippen MR) is 60.1 cm³/mol. The highest BCUT2D eigenvalue weighted by atomic mass is 15.2. The quantitative estimate of drug-likeness (QED) is 0.679. The number of rotatable bonds is 2. The second-order valence-corrected chi connectivity index (χ2v) is 4.79. The Balaban J connectivity index is 1.95. The van der Waals surface area contributed by atoms with Crippen LogP contribution in [0.1, 0.15) is 32.6 Å².